The molecule has 0 radical (unpaired) electrons. The highest BCUT2D eigenvalue weighted by Crippen LogP contribution is 2.57. The molecule has 1 aromatic rings. The summed E-state index contributed by atoms with van der Waals surface area (Å²) in [4.78, 5) is 12.9. The van der Waals surface area contributed by atoms with E-state index in [0.29, 0.717) is 17.2 Å². The van der Waals surface area contributed by atoms with Crippen LogP contribution in [0.2, 0.25) is 0 Å². The zero-order valence-electron chi connectivity index (χ0n) is 13.8. The van der Waals surface area contributed by atoms with Crippen LogP contribution in [-0.2, 0) is 9.53 Å². The minimum atomic E-state index is -0.922. The highest BCUT2D eigenvalue weighted by molar-refractivity contribution is 6.00. The predicted molar refractivity (Wildman–Crippen MR) is 91.6 cm³/mol. The number of hydrogen-bond donors (Lipinski definition) is 2. The van der Waals surface area contributed by atoms with E-state index in [1.165, 1.54) is 0 Å². The van der Waals surface area contributed by atoms with Crippen LogP contribution < -0.4 is 20.5 Å². The number of benzene rings is 1. The van der Waals surface area contributed by atoms with Crippen LogP contribution in [0.3, 0.4) is 0 Å². The second-order valence-corrected chi connectivity index (χ2v) is 7.15. The molecule has 6 nitrogen and oxygen atoms in total. The molecule has 1 saturated carbocycles. The van der Waals surface area contributed by atoms with Crippen molar-refractivity contribution in [1.29, 1.82) is 0 Å². The number of nitrogens with two attached hydrogens (primary N) is 1. The van der Waals surface area contributed by atoms with Gasteiger partial charge in [-0.25, -0.2) is 0 Å². The number of halogens is 1. The van der Waals surface area contributed by atoms with Gasteiger partial charge in [-0.3, -0.25) is 4.79 Å². The van der Waals surface area contributed by atoms with Gasteiger partial charge in [-0.05, 0) is 25.0 Å². The molecule has 3 N–H and O–H groups in total. The molecule has 4 rings (SSSR count). The third-order valence-electron chi connectivity index (χ3n) is 5.69. The van der Waals surface area contributed by atoms with Crippen LogP contribution in [0, 0.1) is 11.3 Å². The fraction of sp³-hybridized carbons (Fsp3) is 0.588. The van der Waals surface area contributed by atoms with Crippen LogP contribution in [-0.4, -0.2) is 30.9 Å². The van der Waals surface area contributed by atoms with Crippen molar-refractivity contribution in [1.82, 2.24) is 0 Å². The first-order valence-electron chi connectivity index (χ1n) is 8.06. The Morgan fingerprint density at radius 1 is 1.29 bits per heavy atom. The standard InChI is InChI=1S/C17H22N2O4.ClH/c1-16(2)14-11(4-3-7-21-14)17(16,18)15(20)19-10-5-6-12-13(8-10)23-9-22-12;/h5-6,8,11,14H,3-4,7,9,18H2,1-2H3,(H,19,20);1H. The number of nitrogens with one attached hydrogen (secondary N) is 1. The summed E-state index contributed by atoms with van der Waals surface area (Å²) in [6.07, 6.45) is 1.94. The van der Waals surface area contributed by atoms with E-state index >= 15 is 0 Å². The van der Waals surface area contributed by atoms with Gasteiger partial charge < -0.3 is 25.3 Å². The number of fused-ring (bicyclic) bond motifs is 2. The number of hydrogen-bond acceptors (Lipinski definition) is 5. The maximum atomic E-state index is 12.9. The minimum absolute atomic E-state index is 0. The summed E-state index contributed by atoms with van der Waals surface area (Å²) in [7, 11) is 0. The average molecular weight is 355 g/mol. The molecule has 0 bridgehead atoms. The van der Waals surface area contributed by atoms with Crippen LogP contribution in [0.1, 0.15) is 26.7 Å². The van der Waals surface area contributed by atoms with Gasteiger partial charge in [-0.1, -0.05) is 13.8 Å². The Hall–Kier alpha value is -1.50. The highest BCUT2D eigenvalue weighted by Gasteiger charge is 2.70. The van der Waals surface area contributed by atoms with Gasteiger partial charge in [0.25, 0.3) is 0 Å². The number of amides is 1. The van der Waals surface area contributed by atoms with Crippen molar-refractivity contribution in [3.63, 3.8) is 0 Å². The fourth-order valence-corrected chi connectivity index (χ4v) is 4.25. The highest BCUT2D eigenvalue weighted by atomic mass is 35.5. The van der Waals surface area contributed by atoms with Gasteiger partial charge in [0.1, 0.15) is 5.54 Å². The molecule has 132 valence electrons. The Labute approximate surface area is 147 Å². The molecule has 1 aliphatic carbocycles. The van der Waals surface area contributed by atoms with Crippen molar-refractivity contribution in [2.45, 2.75) is 38.3 Å². The molecule has 1 amide bonds. The van der Waals surface area contributed by atoms with Crippen LogP contribution in [0.4, 0.5) is 5.69 Å². The van der Waals surface area contributed by atoms with E-state index < -0.39 is 11.0 Å². The van der Waals surface area contributed by atoms with E-state index in [1.807, 2.05) is 13.8 Å². The molecular weight excluding hydrogens is 332 g/mol. The first-order chi connectivity index (χ1) is 10.9. The van der Waals surface area contributed by atoms with E-state index in [1.54, 1.807) is 18.2 Å². The first kappa shape index (κ1) is 17.3. The second-order valence-electron chi connectivity index (χ2n) is 7.15. The zero-order chi connectivity index (χ0) is 16.2. The summed E-state index contributed by atoms with van der Waals surface area (Å²) in [5.41, 5.74) is 5.95. The van der Waals surface area contributed by atoms with Gasteiger partial charge in [0.2, 0.25) is 12.7 Å². The molecule has 3 atom stereocenters. The fourth-order valence-electron chi connectivity index (χ4n) is 4.25. The molecular formula is C17H23ClN2O4. The lowest BCUT2D eigenvalue weighted by atomic mass is 9.46. The van der Waals surface area contributed by atoms with Crippen LogP contribution in [0.15, 0.2) is 18.2 Å². The molecule has 0 aromatic heterocycles. The lowest BCUT2D eigenvalue weighted by Gasteiger charge is -2.65. The van der Waals surface area contributed by atoms with Crippen molar-refractivity contribution in [3.05, 3.63) is 18.2 Å². The number of anilines is 1. The summed E-state index contributed by atoms with van der Waals surface area (Å²) in [5.74, 6) is 1.24. The quantitative estimate of drug-likeness (QED) is 0.851. The number of ether oxygens (including phenoxy) is 3. The van der Waals surface area contributed by atoms with Crippen LogP contribution in [0.5, 0.6) is 11.5 Å². The van der Waals surface area contributed by atoms with E-state index in [9.17, 15) is 4.79 Å². The van der Waals surface area contributed by atoms with Crippen molar-refractivity contribution in [2.75, 3.05) is 18.7 Å². The molecule has 1 saturated heterocycles. The molecule has 7 heteroatoms. The molecule has 1 aromatic carbocycles. The van der Waals surface area contributed by atoms with Gasteiger partial charge in [0.15, 0.2) is 11.5 Å². The van der Waals surface area contributed by atoms with Crippen LogP contribution in [0.25, 0.3) is 0 Å². The second kappa shape index (κ2) is 5.79. The largest absolute Gasteiger partial charge is 0.454 e. The molecule has 2 aliphatic heterocycles. The summed E-state index contributed by atoms with van der Waals surface area (Å²) < 4.78 is 16.5. The Balaban J connectivity index is 0.00000169. The molecule has 3 aliphatic rings. The lowest BCUT2D eigenvalue weighted by molar-refractivity contribution is -0.222. The lowest BCUT2D eigenvalue weighted by Crippen LogP contribution is -2.81. The smallest absolute Gasteiger partial charge is 0.245 e. The average Bonchev–Trinajstić information content (AvgIpc) is 3.01. The van der Waals surface area contributed by atoms with Gasteiger partial charge in [0.05, 0.1) is 6.10 Å². The van der Waals surface area contributed by atoms with E-state index in [4.69, 9.17) is 19.9 Å². The Morgan fingerprint density at radius 3 is 2.83 bits per heavy atom. The molecule has 0 spiro atoms. The summed E-state index contributed by atoms with van der Waals surface area (Å²) in [5, 5.41) is 2.95. The maximum absolute atomic E-state index is 12.9. The molecule has 24 heavy (non-hydrogen) atoms. The summed E-state index contributed by atoms with van der Waals surface area (Å²) in [6.45, 7) is 4.99. The van der Waals surface area contributed by atoms with Gasteiger partial charge in [-0.15, -0.1) is 12.4 Å². The zero-order valence-corrected chi connectivity index (χ0v) is 14.7. The van der Waals surface area contributed by atoms with E-state index in [2.05, 4.69) is 5.32 Å². The minimum Gasteiger partial charge on any atom is -0.454 e. The van der Waals surface area contributed by atoms with Crippen molar-refractivity contribution in [2.24, 2.45) is 17.1 Å². The molecule has 2 heterocycles. The third-order valence-corrected chi connectivity index (χ3v) is 5.69. The van der Waals surface area contributed by atoms with Crippen molar-refractivity contribution in [3.8, 4) is 11.5 Å². The van der Waals surface area contributed by atoms with Crippen molar-refractivity contribution >= 4 is 24.0 Å². The Morgan fingerprint density at radius 2 is 2.04 bits per heavy atom. The van der Waals surface area contributed by atoms with Crippen LogP contribution >= 0.6 is 12.4 Å². The third kappa shape index (κ3) is 2.20. The van der Waals surface area contributed by atoms with E-state index in [0.717, 1.165) is 19.4 Å². The Bertz CT molecular complexity index is 666. The van der Waals surface area contributed by atoms with Gasteiger partial charge in [0, 0.05) is 29.7 Å². The number of carbonyl (C=O) groups is 1. The SMILES string of the molecule is CC1(C)C2OCCCC2C1(N)C(=O)Nc1ccc2c(c1)OCO2.Cl. The molecule has 3 unspecified atom stereocenters. The Kier molecular flexibility index (Phi) is 4.18. The predicted octanol–water partition coefficient (Wildman–Crippen LogP) is 2.31. The van der Waals surface area contributed by atoms with Gasteiger partial charge >= 0.3 is 0 Å². The summed E-state index contributed by atoms with van der Waals surface area (Å²) in [6, 6.07) is 5.36. The number of rotatable bonds is 2. The van der Waals surface area contributed by atoms with Gasteiger partial charge in [-0.2, -0.15) is 0 Å². The topological polar surface area (TPSA) is 82.8 Å². The molecule has 2 fully saturated rings. The van der Waals surface area contributed by atoms with E-state index in [-0.39, 0.29) is 37.1 Å². The monoisotopic (exact) mass is 354 g/mol. The number of carbonyl (C=O) groups excluding carboxylic acids is 1. The van der Waals surface area contributed by atoms with Crippen molar-refractivity contribution < 1.29 is 19.0 Å². The maximum Gasteiger partial charge on any atom is 0.245 e. The summed E-state index contributed by atoms with van der Waals surface area (Å²) >= 11 is 0. The normalized spacial score (nSPS) is 32.1. The first-order valence-corrected chi connectivity index (χ1v) is 8.06.